The molecule has 0 heterocycles. The number of hydrogen-bond donors (Lipinski definition) is 4. The SMILES string of the molecule is Cc1c(CO)cc(-c2cc(CO)c(C)c(CO)c2)cc1CO. The Kier molecular flexibility index (Phi) is 5.32. The maximum atomic E-state index is 9.49. The summed E-state index contributed by atoms with van der Waals surface area (Å²) in [4.78, 5) is 0. The predicted octanol–water partition coefficient (Wildman–Crippen LogP) is 1.94. The van der Waals surface area contributed by atoms with Gasteiger partial charge in [0, 0.05) is 0 Å². The molecule has 0 aliphatic rings. The Morgan fingerprint density at radius 1 is 0.545 bits per heavy atom. The molecule has 0 fully saturated rings. The Morgan fingerprint density at radius 2 is 0.773 bits per heavy atom. The normalized spacial score (nSPS) is 11.0. The molecule has 0 atom stereocenters. The van der Waals surface area contributed by atoms with E-state index >= 15 is 0 Å². The Labute approximate surface area is 130 Å². The van der Waals surface area contributed by atoms with Gasteiger partial charge < -0.3 is 20.4 Å². The van der Waals surface area contributed by atoms with E-state index in [1.807, 2.05) is 38.1 Å². The number of rotatable bonds is 5. The summed E-state index contributed by atoms with van der Waals surface area (Å²) in [5.41, 5.74) is 6.51. The van der Waals surface area contributed by atoms with Gasteiger partial charge in [-0.25, -0.2) is 0 Å². The first-order valence-electron chi connectivity index (χ1n) is 7.24. The zero-order chi connectivity index (χ0) is 16.3. The van der Waals surface area contributed by atoms with Crippen LogP contribution in [0, 0.1) is 13.8 Å². The molecule has 0 spiro atoms. The lowest BCUT2D eigenvalue weighted by atomic mass is 9.92. The van der Waals surface area contributed by atoms with Gasteiger partial charge in [-0.15, -0.1) is 0 Å². The average Bonchev–Trinajstić information content (AvgIpc) is 2.55. The topological polar surface area (TPSA) is 80.9 Å². The van der Waals surface area contributed by atoms with Crippen LogP contribution >= 0.6 is 0 Å². The molecule has 0 bridgehead atoms. The Morgan fingerprint density at radius 3 is 0.955 bits per heavy atom. The molecule has 0 saturated heterocycles. The number of benzene rings is 2. The number of aliphatic hydroxyl groups is 4. The minimum Gasteiger partial charge on any atom is -0.392 e. The highest BCUT2D eigenvalue weighted by Crippen LogP contribution is 2.29. The molecule has 2 rings (SSSR count). The van der Waals surface area contributed by atoms with E-state index in [4.69, 9.17) is 0 Å². The zero-order valence-corrected chi connectivity index (χ0v) is 12.9. The van der Waals surface area contributed by atoms with Crippen LogP contribution in [-0.2, 0) is 26.4 Å². The van der Waals surface area contributed by atoms with Crippen molar-refractivity contribution < 1.29 is 20.4 Å². The van der Waals surface area contributed by atoms with E-state index in [0.717, 1.165) is 44.5 Å². The first-order valence-corrected chi connectivity index (χ1v) is 7.24. The molecule has 0 aromatic heterocycles. The molecular weight excluding hydrogens is 280 g/mol. The third-order valence-electron chi connectivity index (χ3n) is 4.26. The molecule has 0 unspecified atom stereocenters. The van der Waals surface area contributed by atoms with E-state index in [1.54, 1.807) is 0 Å². The van der Waals surface area contributed by atoms with Crippen molar-refractivity contribution in [1.29, 1.82) is 0 Å². The van der Waals surface area contributed by atoms with Crippen LogP contribution < -0.4 is 0 Å². The minimum absolute atomic E-state index is 0.0990. The van der Waals surface area contributed by atoms with Gasteiger partial charge >= 0.3 is 0 Å². The van der Waals surface area contributed by atoms with Crippen LogP contribution in [0.25, 0.3) is 11.1 Å². The molecule has 0 radical (unpaired) electrons. The average molecular weight is 302 g/mol. The van der Waals surface area contributed by atoms with Gasteiger partial charge in [0.15, 0.2) is 0 Å². The van der Waals surface area contributed by atoms with Gasteiger partial charge in [0.2, 0.25) is 0 Å². The second kappa shape index (κ2) is 7.03. The fourth-order valence-corrected chi connectivity index (χ4v) is 2.67. The molecule has 2 aromatic rings. The molecule has 2 aromatic carbocycles. The van der Waals surface area contributed by atoms with Crippen molar-refractivity contribution in [3.05, 3.63) is 57.6 Å². The monoisotopic (exact) mass is 302 g/mol. The first kappa shape index (κ1) is 16.6. The molecule has 0 saturated carbocycles. The van der Waals surface area contributed by atoms with E-state index in [-0.39, 0.29) is 26.4 Å². The second-order valence-electron chi connectivity index (χ2n) is 5.47. The van der Waals surface area contributed by atoms with Crippen molar-refractivity contribution in [3.8, 4) is 11.1 Å². The van der Waals surface area contributed by atoms with Crippen molar-refractivity contribution in [3.63, 3.8) is 0 Å². The third kappa shape index (κ3) is 3.05. The molecule has 4 nitrogen and oxygen atoms in total. The van der Waals surface area contributed by atoms with E-state index in [1.165, 1.54) is 0 Å². The van der Waals surface area contributed by atoms with E-state index in [2.05, 4.69) is 0 Å². The summed E-state index contributed by atoms with van der Waals surface area (Å²) < 4.78 is 0. The lowest BCUT2D eigenvalue weighted by Gasteiger charge is -2.15. The van der Waals surface area contributed by atoms with Crippen molar-refractivity contribution >= 4 is 0 Å². The highest BCUT2D eigenvalue weighted by Gasteiger charge is 2.11. The fraction of sp³-hybridized carbons (Fsp3) is 0.333. The van der Waals surface area contributed by atoms with Gasteiger partial charge in [-0.3, -0.25) is 0 Å². The molecule has 118 valence electrons. The smallest absolute Gasteiger partial charge is 0.0684 e. The van der Waals surface area contributed by atoms with Crippen LogP contribution in [0.4, 0.5) is 0 Å². The Balaban J connectivity index is 2.65. The van der Waals surface area contributed by atoms with Gasteiger partial charge in [-0.05, 0) is 82.6 Å². The number of hydrogen-bond acceptors (Lipinski definition) is 4. The van der Waals surface area contributed by atoms with Crippen LogP contribution in [0.15, 0.2) is 24.3 Å². The van der Waals surface area contributed by atoms with E-state index in [9.17, 15) is 20.4 Å². The van der Waals surface area contributed by atoms with Crippen LogP contribution in [-0.4, -0.2) is 20.4 Å². The summed E-state index contributed by atoms with van der Waals surface area (Å²) in [6, 6.07) is 7.51. The summed E-state index contributed by atoms with van der Waals surface area (Å²) in [7, 11) is 0. The molecule has 22 heavy (non-hydrogen) atoms. The molecule has 0 aliphatic heterocycles. The summed E-state index contributed by atoms with van der Waals surface area (Å²) in [5.74, 6) is 0. The van der Waals surface area contributed by atoms with Gasteiger partial charge in [0.05, 0.1) is 26.4 Å². The highest BCUT2D eigenvalue weighted by atomic mass is 16.3. The molecular formula is C18H22O4. The quantitative estimate of drug-likeness (QED) is 0.680. The number of aliphatic hydroxyl groups excluding tert-OH is 4. The van der Waals surface area contributed by atoms with Crippen molar-refractivity contribution in [1.82, 2.24) is 0 Å². The minimum atomic E-state index is -0.0990. The van der Waals surface area contributed by atoms with E-state index < -0.39 is 0 Å². The van der Waals surface area contributed by atoms with Gasteiger partial charge in [-0.2, -0.15) is 0 Å². The second-order valence-corrected chi connectivity index (χ2v) is 5.47. The van der Waals surface area contributed by atoms with Crippen LogP contribution in [0.1, 0.15) is 33.4 Å². The molecule has 0 aliphatic carbocycles. The standard InChI is InChI=1S/C18H22O4/c1-11-15(7-19)3-13(4-16(11)8-20)14-5-17(9-21)12(2)18(6-14)10-22/h3-6,19-22H,7-10H2,1-2H3. The molecule has 4 heteroatoms. The third-order valence-corrected chi connectivity index (χ3v) is 4.26. The van der Waals surface area contributed by atoms with Gasteiger partial charge in [0.25, 0.3) is 0 Å². The van der Waals surface area contributed by atoms with Crippen molar-refractivity contribution in [2.24, 2.45) is 0 Å². The first-order chi connectivity index (χ1) is 10.5. The Hall–Kier alpha value is -1.72. The lowest BCUT2D eigenvalue weighted by molar-refractivity contribution is 0.273. The van der Waals surface area contributed by atoms with Gasteiger partial charge in [-0.1, -0.05) is 0 Å². The van der Waals surface area contributed by atoms with Crippen molar-refractivity contribution in [2.45, 2.75) is 40.3 Å². The lowest BCUT2D eigenvalue weighted by Crippen LogP contribution is -2.00. The van der Waals surface area contributed by atoms with E-state index in [0.29, 0.717) is 0 Å². The summed E-state index contributed by atoms with van der Waals surface area (Å²) in [5, 5.41) is 38.0. The van der Waals surface area contributed by atoms with Gasteiger partial charge in [0.1, 0.15) is 0 Å². The predicted molar refractivity (Wildman–Crippen MR) is 85.0 cm³/mol. The maximum Gasteiger partial charge on any atom is 0.0684 e. The Bertz CT molecular complexity index is 567. The summed E-state index contributed by atoms with van der Waals surface area (Å²) >= 11 is 0. The molecule has 0 amide bonds. The summed E-state index contributed by atoms with van der Waals surface area (Å²) in [6.45, 7) is 3.34. The van der Waals surface area contributed by atoms with Crippen molar-refractivity contribution in [2.75, 3.05) is 0 Å². The fourth-order valence-electron chi connectivity index (χ4n) is 2.67. The largest absolute Gasteiger partial charge is 0.392 e. The zero-order valence-electron chi connectivity index (χ0n) is 12.9. The van der Waals surface area contributed by atoms with Crippen LogP contribution in [0.2, 0.25) is 0 Å². The summed E-state index contributed by atoms with van der Waals surface area (Å²) in [6.07, 6.45) is 0. The maximum absolute atomic E-state index is 9.49. The van der Waals surface area contributed by atoms with Crippen LogP contribution in [0.5, 0.6) is 0 Å². The van der Waals surface area contributed by atoms with Crippen LogP contribution in [0.3, 0.4) is 0 Å². The highest BCUT2D eigenvalue weighted by molar-refractivity contribution is 5.68. The molecule has 4 N–H and O–H groups in total.